The number of hydrogen-bond acceptors (Lipinski definition) is 5. The van der Waals surface area contributed by atoms with E-state index in [1.807, 2.05) is 17.5 Å². The van der Waals surface area contributed by atoms with Gasteiger partial charge >= 0.3 is 0 Å². The minimum atomic E-state index is -0.109. The highest BCUT2D eigenvalue weighted by Gasteiger charge is 2.24. The Morgan fingerprint density at radius 3 is 2.79 bits per heavy atom. The number of nitrogens with zero attached hydrogens (tertiary/aromatic N) is 3. The topological polar surface area (TPSA) is 59.8 Å². The summed E-state index contributed by atoms with van der Waals surface area (Å²) in [6, 6.07) is 3.81. The molecule has 0 bridgehead atoms. The molecule has 5 nitrogen and oxygen atoms in total. The average molecular weight is 276 g/mol. The van der Waals surface area contributed by atoms with E-state index < -0.39 is 0 Å². The highest BCUT2D eigenvalue weighted by molar-refractivity contribution is 7.13. The van der Waals surface area contributed by atoms with E-state index in [0.717, 1.165) is 23.5 Å². The number of thiophene rings is 1. The van der Waals surface area contributed by atoms with Crippen LogP contribution in [0.2, 0.25) is 0 Å². The average Bonchev–Trinajstić information content (AvgIpc) is 3.11. The summed E-state index contributed by atoms with van der Waals surface area (Å²) in [6.07, 6.45) is 4.59. The SMILES string of the molecule is CNn1c(C2CCCC2)nnc(-c2cccs2)c1=O. The third-order valence-electron chi connectivity index (χ3n) is 3.59. The molecular formula is C13H16N4OS. The third-order valence-corrected chi connectivity index (χ3v) is 4.46. The molecule has 3 rings (SSSR count). The first-order valence-electron chi connectivity index (χ1n) is 6.52. The van der Waals surface area contributed by atoms with Crippen molar-refractivity contribution < 1.29 is 0 Å². The summed E-state index contributed by atoms with van der Waals surface area (Å²) in [7, 11) is 1.75. The summed E-state index contributed by atoms with van der Waals surface area (Å²) in [5.74, 6) is 1.12. The van der Waals surface area contributed by atoms with Crippen molar-refractivity contribution in [2.24, 2.45) is 0 Å². The Hall–Kier alpha value is -1.69. The quantitative estimate of drug-likeness (QED) is 0.933. The fourth-order valence-corrected chi connectivity index (χ4v) is 3.33. The van der Waals surface area contributed by atoms with Gasteiger partial charge in [0.05, 0.1) is 4.88 Å². The molecule has 100 valence electrons. The van der Waals surface area contributed by atoms with Crippen molar-refractivity contribution in [3.63, 3.8) is 0 Å². The van der Waals surface area contributed by atoms with Crippen molar-refractivity contribution in [1.29, 1.82) is 0 Å². The highest BCUT2D eigenvalue weighted by Crippen LogP contribution is 2.32. The molecule has 0 atom stereocenters. The van der Waals surface area contributed by atoms with Gasteiger partial charge in [-0.05, 0) is 24.3 Å². The van der Waals surface area contributed by atoms with Crippen molar-refractivity contribution in [2.45, 2.75) is 31.6 Å². The lowest BCUT2D eigenvalue weighted by Gasteiger charge is -2.15. The zero-order valence-corrected chi connectivity index (χ0v) is 11.6. The molecule has 0 radical (unpaired) electrons. The lowest BCUT2D eigenvalue weighted by atomic mass is 10.1. The first kappa shape index (κ1) is 12.3. The second-order valence-corrected chi connectivity index (χ2v) is 5.68. The lowest BCUT2D eigenvalue weighted by molar-refractivity contribution is 0.590. The first-order valence-corrected chi connectivity index (χ1v) is 7.40. The van der Waals surface area contributed by atoms with Crippen molar-refractivity contribution in [1.82, 2.24) is 14.9 Å². The van der Waals surface area contributed by atoms with Gasteiger partial charge in [0.1, 0.15) is 0 Å². The first-order chi connectivity index (χ1) is 9.31. The van der Waals surface area contributed by atoms with Crippen LogP contribution in [-0.2, 0) is 0 Å². The summed E-state index contributed by atoms with van der Waals surface area (Å²) in [5.41, 5.74) is 3.26. The van der Waals surface area contributed by atoms with Gasteiger partial charge in [-0.25, -0.2) is 4.68 Å². The Labute approximate surface area is 115 Å². The predicted molar refractivity (Wildman–Crippen MR) is 76.1 cm³/mol. The summed E-state index contributed by atoms with van der Waals surface area (Å²) < 4.78 is 1.55. The molecule has 6 heteroatoms. The second kappa shape index (κ2) is 5.13. The van der Waals surface area contributed by atoms with Gasteiger partial charge < -0.3 is 5.43 Å². The van der Waals surface area contributed by atoms with Crippen LogP contribution in [0.4, 0.5) is 0 Å². The van der Waals surface area contributed by atoms with Crippen molar-refractivity contribution in [3.8, 4) is 10.6 Å². The minimum Gasteiger partial charge on any atom is -0.324 e. The Morgan fingerprint density at radius 2 is 2.16 bits per heavy atom. The van der Waals surface area contributed by atoms with Crippen LogP contribution in [0.1, 0.15) is 37.4 Å². The predicted octanol–water partition coefficient (Wildman–Crippen LogP) is 2.20. The molecule has 0 saturated heterocycles. The molecule has 1 aliphatic rings. The van der Waals surface area contributed by atoms with Crippen LogP contribution in [0.5, 0.6) is 0 Å². The molecule has 19 heavy (non-hydrogen) atoms. The molecule has 0 amide bonds. The largest absolute Gasteiger partial charge is 0.324 e. The van der Waals surface area contributed by atoms with E-state index in [4.69, 9.17) is 0 Å². The van der Waals surface area contributed by atoms with E-state index in [1.165, 1.54) is 24.2 Å². The van der Waals surface area contributed by atoms with Crippen LogP contribution < -0.4 is 11.0 Å². The molecule has 1 saturated carbocycles. The fourth-order valence-electron chi connectivity index (χ4n) is 2.63. The van der Waals surface area contributed by atoms with Crippen LogP contribution in [0.25, 0.3) is 10.6 Å². The monoisotopic (exact) mass is 276 g/mol. The molecule has 0 aliphatic heterocycles. The van der Waals surface area contributed by atoms with E-state index in [0.29, 0.717) is 11.6 Å². The molecule has 2 aromatic rings. The van der Waals surface area contributed by atoms with Crippen LogP contribution in [0.15, 0.2) is 22.3 Å². The number of aromatic nitrogens is 3. The Balaban J connectivity index is 2.09. The normalized spacial score (nSPS) is 15.8. The maximum Gasteiger partial charge on any atom is 0.299 e. The zero-order valence-electron chi connectivity index (χ0n) is 10.8. The van der Waals surface area contributed by atoms with Gasteiger partial charge in [0.2, 0.25) is 0 Å². The van der Waals surface area contributed by atoms with E-state index in [9.17, 15) is 4.79 Å². The number of hydrogen-bond donors (Lipinski definition) is 1. The summed E-state index contributed by atoms with van der Waals surface area (Å²) in [4.78, 5) is 13.3. The summed E-state index contributed by atoms with van der Waals surface area (Å²) >= 11 is 1.50. The summed E-state index contributed by atoms with van der Waals surface area (Å²) in [6.45, 7) is 0. The highest BCUT2D eigenvalue weighted by atomic mass is 32.1. The molecule has 0 spiro atoms. The fraction of sp³-hybridized carbons (Fsp3) is 0.462. The van der Waals surface area contributed by atoms with Gasteiger partial charge in [-0.2, -0.15) is 0 Å². The van der Waals surface area contributed by atoms with Gasteiger partial charge in [-0.1, -0.05) is 18.9 Å². The second-order valence-electron chi connectivity index (χ2n) is 4.73. The van der Waals surface area contributed by atoms with Gasteiger partial charge in [0.15, 0.2) is 11.5 Å². The Morgan fingerprint density at radius 1 is 1.37 bits per heavy atom. The smallest absolute Gasteiger partial charge is 0.299 e. The molecule has 2 heterocycles. The summed E-state index contributed by atoms with van der Waals surface area (Å²) in [5, 5.41) is 10.4. The standard InChI is InChI=1S/C13H16N4OS/c1-14-17-12(9-5-2-3-6-9)16-15-11(13(17)18)10-7-4-8-19-10/h4,7-9,14H,2-3,5-6H2,1H3. The molecule has 1 N–H and O–H groups in total. The molecular weight excluding hydrogens is 260 g/mol. The van der Waals surface area contributed by atoms with Crippen LogP contribution in [-0.4, -0.2) is 21.9 Å². The van der Waals surface area contributed by atoms with Gasteiger partial charge in [0, 0.05) is 13.0 Å². The molecule has 0 aromatic carbocycles. The van der Waals surface area contributed by atoms with Gasteiger partial charge in [-0.15, -0.1) is 21.5 Å². The van der Waals surface area contributed by atoms with Crippen molar-refractivity contribution in [3.05, 3.63) is 33.7 Å². The van der Waals surface area contributed by atoms with Gasteiger partial charge in [0.25, 0.3) is 5.56 Å². The van der Waals surface area contributed by atoms with E-state index in [2.05, 4.69) is 15.6 Å². The minimum absolute atomic E-state index is 0.109. The van der Waals surface area contributed by atoms with E-state index in [1.54, 1.807) is 11.7 Å². The molecule has 0 unspecified atom stereocenters. The van der Waals surface area contributed by atoms with Gasteiger partial charge in [-0.3, -0.25) is 4.79 Å². The van der Waals surface area contributed by atoms with E-state index in [-0.39, 0.29) is 5.56 Å². The lowest BCUT2D eigenvalue weighted by Crippen LogP contribution is -2.33. The molecule has 2 aromatic heterocycles. The van der Waals surface area contributed by atoms with Crippen LogP contribution in [0.3, 0.4) is 0 Å². The van der Waals surface area contributed by atoms with E-state index >= 15 is 0 Å². The molecule has 1 aliphatic carbocycles. The number of nitrogens with one attached hydrogen (secondary N) is 1. The third kappa shape index (κ3) is 2.16. The van der Waals surface area contributed by atoms with Crippen LogP contribution in [0, 0.1) is 0 Å². The van der Waals surface area contributed by atoms with Crippen molar-refractivity contribution in [2.75, 3.05) is 12.5 Å². The zero-order chi connectivity index (χ0) is 13.2. The van der Waals surface area contributed by atoms with Crippen molar-refractivity contribution >= 4 is 11.3 Å². The molecule has 1 fully saturated rings. The number of rotatable bonds is 3. The maximum absolute atomic E-state index is 12.5. The Bertz CT molecular complexity index is 614. The Kier molecular flexibility index (Phi) is 3.33. The van der Waals surface area contributed by atoms with Crippen LogP contribution >= 0.6 is 11.3 Å². The maximum atomic E-state index is 12.5.